The highest BCUT2D eigenvalue weighted by Gasteiger charge is 2.37. The summed E-state index contributed by atoms with van der Waals surface area (Å²) in [5.74, 6) is 0. The molecule has 0 radical (unpaired) electrons. The standard InChI is InChI=1S/C16H24N4O3S/c1-12-5-2-3-8-20(12)14-10-19(11-14)16(21)18-13-6-4-7-15(9-13)24(17,22)23/h4,6-7,9,12,14H,2-3,5,8,10-11H2,1H3,(H,18,21)(H2,17,22,23)/t12-/m0/s1. The number of amides is 2. The third-order valence-electron chi connectivity index (χ3n) is 4.89. The number of sulfonamides is 1. The fraction of sp³-hybridized carbons (Fsp3) is 0.562. The predicted octanol–water partition coefficient (Wildman–Crippen LogP) is 1.42. The van der Waals surface area contributed by atoms with Crippen molar-refractivity contribution in [1.82, 2.24) is 9.80 Å². The van der Waals surface area contributed by atoms with Gasteiger partial charge in [0.25, 0.3) is 0 Å². The lowest BCUT2D eigenvalue weighted by molar-refractivity contribution is 0.0199. The molecule has 2 aliphatic heterocycles. The maximum absolute atomic E-state index is 12.3. The predicted molar refractivity (Wildman–Crippen MR) is 92.2 cm³/mol. The maximum atomic E-state index is 12.3. The van der Waals surface area contributed by atoms with Crippen LogP contribution in [-0.4, -0.2) is 56.0 Å². The topological polar surface area (TPSA) is 95.7 Å². The van der Waals surface area contributed by atoms with Crippen LogP contribution in [0.3, 0.4) is 0 Å². The molecule has 0 bridgehead atoms. The summed E-state index contributed by atoms with van der Waals surface area (Å²) in [5.41, 5.74) is 0.432. The zero-order valence-electron chi connectivity index (χ0n) is 13.8. The molecule has 8 heteroatoms. The lowest BCUT2D eigenvalue weighted by atomic mass is 9.98. The fourth-order valence-corrected chi connectivity index (χ4v) is 4.01. The second-order valence-corrected chi connectivity index (χ2v) is 8.21. The number of carbonyl (C=O) groups excluding carboxylic acids is 1. The van der Waals surface area contributed by atoms with Gasteiger partial charge in [-0.25, -0.2) is 18.4 Å². The van der Waals surface area contributed by atoms with Gasteiger partial charge in [-0.2, -0.15) is 0 Å². The number of nitrogens with two attached hydrogens (primary N) is 1. The number of primary sulfonamides is 1. The van der Waals surface area contributed by atoms with Gasteiger partial charge in [0, 0.05) is 30.9 Å². The molecule has 2 saturated heterocycles. The number of rotatable bonds is 3. The Labute approximate surface area is 142 Å². The SMILES string of the molecule is C[C@H]1CCCCN1C1CN(C(=O)Nc2cccc(S(N)(=O)=O)c2)C1. The number of piperidine rings is 1. The maximum Gasteiger partial charge on any atom is 0.321 e. The Bertz CT molecular complexity index is 716. The molecule has 0 spiro atoms. The van der Waals surface area contributed by atoms with Crippen LogP contribution in [0.5, 0.6) is 0 Å². The van der Waals surface area contributed by atoms with Crippen LogP contribution in [0.4, 0.5) is 10.5 Å². The molecule has 2 amide bonds. The van der Waals surface area contributed by atoms with Gasteiger partial charge in [-0.05, 0) is 44.5 Å². The Morgan fingerprint density at radius 2 is 2.04 bits per heavy atom. The van der Waals surface area contributed by atoms with Gasteiger partial charge in [0.2, 0.25) is 10.0 Å². The number of nitrogens with zero attached hydrogens (tertiary/aromatic N) is 2. The van der Waals surface area contributed by atoms with Crippen molar-refractivity contribution in [2.75, 3.05) is 25.0 Å². The third-order valence-corrected chi connectivity index (χ3v) is 5.80. The summed E-state index contributed by atoms with van der Waals surface area (Å²) in [7, 11) is -3.77. The third kappa shape index (κ3) is 3.71. The van der Waals surface area contributed by atoms with Crippen LogP contribution < -0.4 is 10.5 Å². The van der Waals surface area contributed by atoms with Crippen molar-refractivity contribution < 1.29 is 13.2 Å². The molecule has 0 aliphatic carbocycles. The fourth-order valence-electron chi connectivity index (χ4n) is 3.45. The van der Waals surface area contributed by atoms with E-state index in [1.807, 2.05) is 0 Å². The van der Waals surface area contributed by atoms with E-state index in [9.17, 15) is 13.2 Å². The lowest BCUT2D eigenvalue weighted by Gasteiger charge is -2.49. The molecule has 1 aromatic carbocycles. The molecule has 3 rings (SSSR count). The van der Waals surface area contributed by atoms with Crippen molar-refractivity contribution >= 4 is 21.7 Å². The van der Waals surface area contributed by atoms with Crippen molar-refractivity contribution in [3.05, 3.63) is 24.3 Å². The van der Waals surface area contributed by atoms with Gasteiger partial charge in [0.05, 0.1) is 4.90 Å². The average Bonchev–Trinajstić information content (AvgIpc) is 2.47. The van der Waals surface area contributed by atoms with Crippen LogP contribution in [0.2, 0.25) is 0 Å². The molecule has 0 saturated carbocycles. The molecule has 132 valence electrons. The van der Waals surface area contributed by atoms with Crippen LogP contribution in [0.25, 0.3) is 0 Å². The number of urea groups is 1. The summed E-state index contributed by atoms with van der Waals surface area (Å²) in [6.45, 7) is 4.79. The number of hydrogen-bond donors (Lipinski definition) is 2. The smallest absolute Gasteiger partial charge is 0.321 e. The van der Waals surface area contributed by atoms with Gasteiger partial charge >= 0.3 is 6.03 Å². The van der Waals surface area contributed by atoms with Crippen molar-refractivity contribution in [1.29, 1.82) is 0 Å². The summed E-state index contributed by atoms with van der Waals surface area (Å²) < 4.78 is 22.7. The molecule has 0 aromatic heterocycles. The molecule has 2 heterocycles. The first kappa shape index (κ1) is 17.2. The second-order valence-electron chi connectivity index (χ2n) is 6.64. The molecule has 0 unspecified atom stereocenters. The Morgan fingerprint density at radius 1 is 1.29 bits per heavy atom. The zero-order chi connectivity index (χ0) is 17.3. The molecule has 2 aliphatic rings. The van der Waals surface area contributed by atoms with Crippen LogP contribution in [-0.2, 0) is 10.0 Å². The molecular weight excluding hydrogens is 328 g/mol. The Hall–Kier alpha value is -1.64. The van der Waals surface area contributed by atoms with E-state index in [-0.39, 0.29) is 10.9 Å². The van der Waals surface area contributed by atoms with E-state index >= 15 is 0 Å². The number of carbonyl (C=O) groups is 1. The molecule has 1 aromatic rings. The van der Waals surface area contributed by atoms with Gasteiger partial charge < -0.3 is 10.2 Å². The van der Waals surface area contributed by atoms with Gasteiger partial charge in [0.1, 0.15) is 0 Å². The Balaban J connectivity index is 1.56. The molecule has 24 heavy (non-hydrogen) atoms. The largest absolute Gasteiger partial charge is 0.321 e. The van der Waals surface area contributed by atoms with Crippen LogP contribution in [0, 0.1) is 0 Å². The van der Waals surface area contributed by atoms with Crippen molar-refractivity contribution in [3.8, 4) is 0 Å². The first-order valence-electron chi connectivity index (χ1n) is 8.29. The van der Waals surface area contributed by atoms with Crippen LogP contribution in [0.1, 0.15) is 26.2 Å². The highest BCUT2D eigenvalue weighted by molar-refractivity contribution is 7.89. The number of hydrogen-bond acceptors (Lipinski definition) is 4. The number of anilines is 1. The Morgan fingerprint density at radius 3 is 2.71 bits per heavy atom. The minimum absolute atomic E-state index is 0.0103. The van der Waals surface area contributed by atoms with Crippen molar-refractivity contribution in [2.24, 2.45) is 5.14 Å². The van der Waals surface area contributed by atoms with E-state index in [0.717, 1.165) is 6.54 Å². The average molecular weight is 352 g/mol. The van der Waals surface area contributed by atoms with E-state index in [4.69, 9.17) is 5.14 Å². The minimum Gasteiger partial charge on any atom is -0.321 e. The monoisotopic (exact) mass is 352 g/mol. The van der Waals surface area contributed by atoms with E-state index in [2.05, 4.69) is 17.1 Å². The van der Waals surface area contributed by atoms with Crippen LogP contribution in [0.15, 0.2) is 29.2 Å². The summed E-state index contributed by atoms with van der Waals surface area (Å²) in [6.07, 6.45) is 3.74. The highest BCUT2D eigenvalue weighted by atomic mass is 32.2. The van der Waals surface area contributed by atoms with E-state index in [1.54, 1.807) is 17.0 Å². The summed E-state index contributed by atoms with van der Waals surface area (Å²) in [4.78, 5) is 16.5. The van der Waals surface area contributed by atoms with Gasteiger partial charge in [0.15, 0.2) is 0 Å². The molecule has 3 N–H and O–H groups in total. The normalized spacial score (nSPS) is 22.9. The zero-order valence-corrected chi connectivity index (χ0v) is 14.6. The van der Waals surface area contributed by atoms with Crippen molar-refractivity contribution in [3.63, 3.8) is 0 Å². The molecule has 1 atom stereocenters. The number of nitrogens with one attached hydrogen (secondary N) is 1. The summed E-state index contributed by atoms with van der Waals surface area (Å²) in [5, 5.41) is 7.85. The summed E-state index contributed by atoms with van der Waals surface area (Å²) in [6, 6.07) is 6.80. The summed E-state index contributed by atoms with van der Waals surface area (Å²) >= 11 is 0. The quantitative estimate of drug-likeness (QED) is 0.860. The van der Waals surface area contributed by atoms with Gasteiger partial charge in [-0.3, -0.25) is 4.90 Å². The van der Waals surface area contributed by atoms with Gasteiger partial charge in [-0.15, -0.1) is 0 Å². The lowest BCUT2D eigenvalue weighted by Crippen LogP contribution is -2.64. The highest BCUT2D eigenvalue weighted by Crippen LogP contribution is 2.25. The van der Waals surface area contributed by atoms with E-state index < -0.39 is 10.0 Å². The van der Waals surface area contributed by atoms with E-state index in [0.29, 0.717) is 30.9 Å². The second kappa shape index (κ2) is 6.70. The number of benzene rings is 1. The van der Waals surface area contributed by atoms with Crippen molar-refractivity contribution in [2.45, 2.75) is 43.2 Å². The number of likely N-dealkylation sites (tertiary alicyclic amines) is 2. The first-order valence-corrected chi connectivity index (χ1v) is 9.84. The molecule has 2 fully saturated rings. The first-order chi connectivity index (χ1) is 11.3. The van der Waals surface area contributed by atoms with Crippen LogP contribution >= 0.6 is 0 Å². The minimum atomic E-state index is -3.77. The van der Waals surface area contributed by atoms with Gasteiger partial charge in [-0.1, -0.05) is 12.5 Å². The van der Waals surface area contributed by atoms with E-state index in [1.165, 1.54) is 31.4 Å². The Kier molecular flexibility index (Phi) is 4.80. The molecular formula is C16H24N4O3S. The molecule has 7 nitrogen and oxygen atoms in total.